The van der Waals surface area contributed by atoms with E-state index in [9.17, 15) is 14.7 Å². The van der Waals surface area contributed by atoms with Crippen LogP contribution < -0.4 is 5.32 Å². The first kappa shape index (κ1) is 18.9. The number of hydrogen-bond donors (Lipinski definition) is 2. The molecule has 2 unspecified atom stereocenters. The standard InChI is InChI=1S/C20H25NO4/c1-14(25-2)7-10-19(22)21-13-18(20(23)24)12-15-8-9-16-5-3-4-6-17(16)11-15/h3-6,8-9,11,14,18H,7,10,12-13H2,1-2H3,(H,21,22)(H,23,24). The lowest BCUT2D eigenvalue weighted by molar-refractivity contribution is -0.141. The predicted octanol–water partition coefficient (Wildman–Crippen LogP) is 3.01. The van der Waals surface area contributed by atoms with Gasteiger partial charge < -0.3 is 15.2 Å². The normalized spacial score (nSPS) is 13.4. The van der Waals surface area contributed by atoms with Gasteiger partial charge >= 0.3 is 5.97 Å². The summed E-state index contributed by atoms with van der Waals surface area (Å²) in [5.41, 5.74) is 0.952. The number of nitrogens with one attached hydrogen (secondary N) is 1. The smallest absolute Gasteiger partial charge is 0.308 e. The number of carbonyl (C=O) groups is 2. The average molecular weight is 343 g/mol. The lowest BCUT2D eigenvalue weighted by Gasteiger charge is -2.15. The quantitative estimate of drug-likeness (QED) is 0.734. The van der Waals surface area contributed by atoms with Crippen molar-refractivity contribution in [3.05, 3.63) is 48.0 Å². The summed E-state index contributed by atoms with van der Waals surface area (Å²) >= 11 is 0. The van der Waals surface area contributed by atoms with E-state index in [1.165, 1.54) is 0 Å². The summed E-state index contributed by atoms with van der Waals surface area (Å²) < 4.78 is 5.10. The Bertz CT molecular complexity index is 728. The molecule has 0 aromatic heterocycles. The van der Waals surface area contributed by atoms with Crippen LogP contribution in [0.3, 0.4) is 0 Å². The van der Waals surface area contributed by atoms with Crippen LogP contribution in [0.5, 0.6) is 0 Å². The maximum absolute atomic E-state index is 11.9. The molecule has 0 bridgehead atoms. The maximum atomic E-state index is 11.9. The number of carbonyl (C=O) groups excluding carboxylic acids is 1. The van der Waals surface area contributed by atoms with E-state index in [2.05, 4.69) is 5.32 Å². The minimum atomic E-state index is -0.904. The first-order chi connectivity index (χ1) is 12.0. The number of benzene rings is 2. The third-order valence-corrected chi connectivity index (χ3v) is 4.37. The highest BCUT2D eigenvalue weighted by Crippen LogP contribution is 2.18. The van der Waals surface area contributed by atoms with Gasteiger partial charge in [0.2, 0.25) is 5.91 Å². The number of rotatable bonds is 9. The van der Waals surface area contributed by atoms with E-state index in [0.717, 1.165) is 16.3 Å². The fourth-order valence-corrected chi connectivity index (χ4v) is 2.67. The van der Waals surface area contributed by atoms with Crippen molar-refractivity contribution in [3.8, 4) is 0 Å². The Kier molecular flexibility index (Phi) is 6.95. The highest BCUT2D eigenvalue weighted by atomic mass is 16.5. The molecule has 0 saturated carbocycles. The molecule has 5 heteroatoms. The Morgan fingerprint density at radius 1 is 1.16 bits per heavy atom. The minimum absolute atomic E-state index is 0.0126. The van der Waals surface area contributed by atoms with E-state index in [-0.39, 0.29) is 18.6 Å². The van der Waals surface area contributed by atoms with E-state index in [0.29, 0.717) is 19.3 Å². The molecule has 2 N–H and O–H groups in total. The number of hydrogen-bond acceptors (Lipinski definition) is 3. The Morgan fingerprint density at radius 3 is 2.56 bits per heavy atom. The molecule has 2 rings (SSSR count). The van der Waals surface area contributed by atoms with E-state index in [1.54, 1.807) is 7.11 Å². The van der Waals surface area contributed by atoms with Gasteiger partial charge in [0.1, 0.15) is 0 Å². The number of carboxylic acids is 1. The molecule has 0 saturated heterocycles. The molecule has 1 amide bonds. The molecule has 5 nitrogen and oxygen atoms in total. The van der Waals surface area contributed by atoms with Crippen LogP contribution in [-0.4, -0.2) is 36.7 Å². The molecule has 0 spiro atoms. The van der Waals surface area contributed by atoms with E-state index in [4.69, 9.17) is 4.74 Å². The summed E-state index contributed by atoms with van der Waals surface area (Å²) in [5.74, 6) is -1.70. The Hall–Kier alpha value is -2.40. The van der Waals surface area contributed by atoms with Gasteiger partial charge in [-0.05, 0) is 36.1 Å². The van der Waals surface area contributed by atoms with Gasteiger partial charge in [0, 0.05) is 20.1 Å². The molecule has 2 aromatic rings. The van der Waals surface area contributed by atoms with Crippen molar-refractivity contribution in [1.82, 2.24) is 5.32 Å². The summed E-state index contributed by atoms with van der Waals surface area (Å²) in [6, 6.07) is 13.9. The second-order valence-electron chi connectivity index (χ2n) is 6.31. The van der Waals surface area contributed by atoms with Crippen molar-refractivity contribution < 1.29 is 19.4 Å². The fourth-order valence-electron chi connectivity index (χ4n) is 2.67. The number of ether oxygens (including phenoxy) is 1. The fraction of sp³-hybridized carbons (Fsp3) is 0.400. The first-order valence-corrected chi connectivity index (χ1v) is 8.49. The van der Waals surface area contributed by atoms with Gasteiger partial charge in [0.25, 0.3) is 0 Å². The zero-order chi connectivity index (χ0) is 18.2. The second kappa shape index (κ2) is 9.18. The SMILES string of the molecule is COC(C)CCC(=O)NCC(Cc1ccc2ccccc2c1)C(=O)O. The van der Waals surface area contributed by atoms with Crippen molar-refractivity contribution in [2.24, 2.45) is 5.92 Å². The second-order valence-corrected chi connectivity index (χ2v) is 6.31. The Labute approximate surface area is 148 Å². The molecule has 0 radical (unpaired) electrons. The molecular weight excluding hydrogens is 318 g/mol. The van der Waals surface area contributed by atoms with Crippen molar-refractivity contribution in [3.63, 3.8) is 0 Å². The van der Waals surface area contributed by atoms with Gasteiger partial charge in [0.15, 0.2) is 0 Å². The van der Waals surface area contributed by atoms with Crippen molar-refractivity contribution in [1.29, 1.82) is 0 Å². The molecule has 2 atom stereocenters. The number of carboxylic acid groups (broad SMARTS) is 1. The van der Waals surface area contributed by atoms with Gasteiger partial charge in [0.05, 0.1) is 12.0 Å². The molecule has 2 aromatic carbocycles. The Balaban J connectivity index is 1.93. The highest BCUT2D eigenvalue weighted by Gasteiger charge is 2.19. The van der Waals surface area contributed by atoms with Crippen molar-refractivity contribution in [2.45, 2.75) is 32.3 Å². The van der Waals surface area contributed by atoms with Crippen LogP contribution in [0.15, 0.2) is 42.5 Å². The van der Waals surface area contributed by atoms with Crippen LogP contribution in [0.4, 0.5) is 0 Å². The topological polar surface area (TPSA) is 75.6 Å². The molecule has 0 fully saturated rings. The summed E-state index contributed by atoms with van der Waals surface area (Å²) in [6.07, 6.45) is 1.34. The number of methoxy groups -OCH3 is 1. The third-order valence-electron chi connectivity index (χ3n) is 4.37. The predicted molar refractivity (Wildman–Crippen MR) is 97.5 cm³/mol. The van der Waals surface area contributed by atoms with Gasteiger partial charge in [-0.25, -0.2) is 0 Å². The highest BCUT2D eigenvalue weighted by molar-refractivity contribution is 5.83. The molecule has 0 aliphatic rings. The monoisotopic (exact) mass is 343 g/mol. The van der Waals surface area contributed by atoms with Crippen LogP contribution in [-0.2, 0) is 20.7 Å². The third kappa shape index (κ3) is 5.87. The largest absolute Gasteiger partial charge is 0.481 e. The number of amides is 1. The summed E-state index contributed by atoms with van der Waals surface area (Å²) in [7, 11) is 1.60. The molecule has 0 aliphatic heterocycles. The number of fused-ring (bicyclic) bond motifs is 1. The van der Waals surface area contributed by atoms with Crippen LogP contribution in [0.1, 0.15) is 25.3 Å². The molecule has 134 valence electrons. The van der Waals surface area contributed by atoms with Crippen molar-refractivity contribution in [2.75, 3.05) is 13.7 Å². The first-order valence-electron chi connectivity index (χ1n) is 8.49. The lowest BCUT2D eigenvalue weighted by Crippen LogP contribution is -2.34. The zero-order valence-corrected chi connectivity index (χ0v) is 14.7. The molecular formula is C20H25NO4. The average Bonchev–Trinajstić information content (AvgIpc) is 2.62. The summed E-state index contributed by atoms with van der Waals surface area (Å²) in [4.78, 5) is 23.4. The summed E-state index contributed by atoms with van der Waals surface area (Å²) in [6.45, 7) is 2.02. The van der Waals surface area contributed by atoms with Gasteiger partial charge in [-0.2, -0.15) is 0 Å². The molecule has 0 heterocycles. The lowest BCUT2D eigenvalue weighted by atomic mass is 9.97. The van der Waals surface area contributed by atoms with Gasteiger partial charge in [-0.3, -0.25) is 9.59 Å². The van der Waals surface area contributed by atoms with Gasteiger partial charge in [-0.1, -0.05) is 42.5 Å². The number of aliphatic carboxylic acids is 1. The van der Waals surface area contributed by atoms with Crippen LogP contribution in [0, 0.1) is 5.92 Å². The molecule has 25 heavy (non-hydrogen) atoms. The van der Waals surface area contributed by atoms with E-state index in [1.807, 2.05) is 49.4 Å². The summed E-state index contributed by atoms with van der Waals surface area (Å²) in [5, 5.41) is 14.4. The van der Waals surface area contributed by atoms with Gasteiger partial charge in [-0.15, -0.1) is 0 Å². The van der Waals surface area contributed by atoms with Crippen LogP contribution in [0.2, 0.25) is 0 Å². The van der Waals surface area contributed by atoms with Crippen LogP contribution in [0.25, 0.3) is 10.8 Å². The van der Waals surface area contributed by atoms with E-state index < -0.39 is 11.9 Å². The van der Waals surface area contributed by atoms with Crippen LogP contribution >= 0.6 is 0 Å². The Morgan fingerprint density at radius 2 is 1.88 bits per heavy atom. The van der Waals surface area contributed by atoms with E-state index >= 15 is 0 Å². The maximum Gasteiger partial charge on any atom is 0.308 e. The zero-order valence-electron chi connectivity index (χ0n) is 14.7. The molecule has 0 aliphatic carbocycles. The van der Waals surface area contributed by atoms with Crippen molar-refractivity contribution >= 4 is 22.6 Å². The minimum Gasteiger partial charge on any atom is -0.481 e.